The van der Waals surface area contributed by atoms with Crippen molar-refractivity contribution in [2.24, 2.45) is 0 Å². The molecule has 3 nitrogen and oxygen atoms in total. The van der Waals surface area contributed by atoms with E-state index in [1.54, 1.807) is 12.1 Å². The highest BCUT2D eigenvalue weighted by molar-refractivity contribution is 5.78. The van der Waals surface area contributed by atoms with Crippen LogP contribution in [-0.2, 0) is 0 Å². The van der Waals surface area contributed by atoms with Crippen LogP contribution < -0.4 is 4.90 Å². The molecule has 0 aromatic heterocycles. The van der Waals surface area contributed by atoms with Crippen molar-refractivity contribution in [1.29, 1.82) is 5.26 Å². The molecule has 1 aromatic carbocycles. The standard InChI is InChI=1S/C14H18N2O/c1-4-5-11(2)16(3)14-7-6-12(10-17)8-13(14)9-15/h6-8,10-11H,4-5H2,1-3H3. The fourth-order valence-electron chi connectivity index (χ4n) is 1.87. The molecule has 0 aliphatic carbocycles. The molecule has 0 fully saturated rings. The lowest BCUT2D eigenvalue weighted by atomic mass is 10.1. The van der Waals surface area contributed by atoms with E-state index in [-0.39, 0.29) is 0 Å². The van der Waals surface area contributed by atoms with Gasteiger partial charge in [-0.1, -0.05) is 13.3 Å². The molecule has 3 heteroatoms. The van der Waals surface area contributed by atoms with Crippen molar-refractivity contribution in [2.75, 3.05) is 11.9 Å². The van der Waals surface area contributed by atoms with Crippen LogP contribution in [0.25, 0.3) is 0 Å². The molecule has 0 saturated carbocycles. The first-order chi connectivity index (χ1) is 8.13. The SMILES string of the molecule is CCCC(C)N(C)c1ccc(C=O)cc1C#N. The van der Waals surface area contributed by atoms with Gasteiger partial charge in [0.25, 0.3) is 0 Å². The average Bonchev–Trinajstić information content (AvgIpc) is 2.37. The molecule has 1 rings (SSSR count). The van der Waals surface area contributed by atoms with Crippen LogP contribution in [0.3, 0.4) is 0 Å². The van der Waals surface area contributed by atoms with Gasteiger partial charge >= 0.3 is 0 Å². The van der Waals surface area contributed by atoms with Crippen LogP contribution in [0.4, 0.5) is 5.69 Å². The summed E-state index contributed by atoms with van der Waals surface area (Å²) in [5, 5.41) is 9.11. The van der Waals surface area contributed by atoms with E-state index in [1.165, 1.54) is 0 Å². The minimum absolute atomic E-state index is 0.384. The highest BCUT2D eigenvalue weighted by atomic mass is 16.1. The van der Waals surface area contributed by atoms with Gasteiger partial charge in [0, 0.05) is 18.7 Å². The topological polar surface area (TPSA) is 44.1 Å². The van der Waals surface area contributed by atoms with E-state index < -0.39 is 0 Å². The Morgan fingerprint density at radius 2 is 2.24 bits per heavy atom. The zero-order valence-electron chi connectivity index (χ0n) is 10.6. The third-order valence-corrected chi connectivity index (χ3v) is 3.02. The predicted octanol–water partition coefficient (Wildman–Crippen LogP) is 3.00. The normalized spacial score (nSPS) is 11.6. The van der Waals surface area contributed by atoms with Crippen LogP contribution >= 0.6 is 0 Å². The van der Waals surface area contributed by atoms with Gasteiger partial charge in [-0.3, -0.25) is 4.79 Å². The largest absolute Gasteiger partial charge is 0.371 e. The number of benzene rings is 1. The summed E-state index contributed by atoms with van der Waals surface area (Å²) in [4.78, 5) is 12.8. The minimum atomic E-state index is 0.384. The second-order valence-electron chi connectivity index (χ2n) is 4.25. The van der Waals surface area contributed by atoms with Gasteiger partial charge in [-0.2, -0.15) is 5.26 Å². The van der Waals surface area contributed by atoms with Crippen molar-refractivity contribution in [2.45, 2.75) is 32.7 Å². The quantitative estimate of drug-likeness (QED) is 0.730. The smallest absolute Gasteiger partial charge is 0.150 e. The summed E-state index contributed by atoms with van der Waals surface area (Å²) in [6, 6.07) is 7.76. The van der Waals surface area contributed by atoms with Crippen molar-refractivity contribution in [1.82, 2.24) is 0 Å². The number of rotatable bonds is 5. The van der Waals surface area contributed by atoms with Crippen LogP contribution in [-0.4, -0.2) is 19.4 Å². The van der Waals surface area contributed by atoms with Gasteiger partial charge in [-0.15, -0.1) is 0 Å². The minimum Gasteiger partial charge on any atom is -0.371 e. The van der Waals surface area contributed by atoms with Crippen LogP contribution in [0.1, 0.15) is 42.6 Å². The number of hydrogen-bond acceptors (Lipinski definition) is 3. The van der Waals surface area contributed by atoms with Crippen LogP contribution in [0, 0.1) is 11.3 Å². The van der Waals surface area contributed by atoms with E-state index in [0.29, 0.717) is 17.2 Å². The molecule has 0 N–H and O–H groups in total. The Kier molecular flexibility index (Phi) is 4.71. The molecule has 0 spiro atoms. The molecule has 0 aliphatic heterocycles. The zero-order chi connectivity index (χ0) is 12.8. The first-order valence-corrected chi connectivity index (χ1v) is 5.86. The first-order valence-electron chi connectivity index (χ1n) is 5.86. The number of carbonyl (C=O) groups excluding carboxylic acids is 1. The van der Waals surface area contributed by atoms with Gasteiger partial charge in [0.05, 0.1) is 11.3 Å². The molecular weight excluding hydrogens is 212 g/mol. The Hall–Kier alpha value is -1.82. The molecule has 0 bridgehead atoms. The van der Waals surface area contributed by atoms with E-state index in [9.17, 15) is 4.79 Å². The molecule has 0 saturated heterocycles. The summed E-state index contributed by atoms with van der Waals surface area (Å²) in [5.74, 6) is 0. The maximum Gasteiger partial charge on any atom is 0.150 e. The molecule has 0 aliphatic rings. The first kappa shape index (κ1) is 13.2. The number of aldehydes is 1. The summed E-state index contributed by atoms with van der Waals surface area (Å²) < 4.78 is 0. The van der Waals surface area contributed by atoms with E-state index in [1.807, 2.05) is 13.1 Å². The molecule has 17 heavy (non-hydrogen) atoms. The predicted molar refractivity (Wildman–Crippen MR) is 69.3 cm³/mol. The fourth-order valence-corrected chi connectivity index (χ4v) is 1.87. The Bertz CT molecular complexity index is 434. The summed E-state index contributed by atoms with van der Waals surface area (Å²) in [6.45, 7) is 4.28. The maximum absolute atomic E-state index is 10.7. The Labute approximate surface area is 103 Å². The number of hydrogen-bond donors (Lipinski definition) is 0. The van der Waals surface area contributed by atoms with Crippen LogP contribution in [0.15, 0.2) is 18.2 Å². The van der Waals surface area contributed by atoms with Crippen molar-refractivity contribution in [3.8, 4) is 6.07 Å². The lowest BCUT2D eigenvalue weighted by Crippen LogP contribution is -2.29. The summed E-state index contributed by atoms with van der Waals surface area (Å²) >= 11 is 0. The Morgan fingerprint density at radius 3 is 2.76 bits per heavy atom. The van der Waals surface area contributed by atoms with Crippen LogP contribution in [0.5, 0.6) is 0 Å². The van der Waals surface area contributed by atoms with E-state index in [4.69, 9.17) is 5.26 Å². The molecule has 0 amide bonds. The summed E-state index contributed by atoms with van der Waals surface area (Å²) in [6.07, 6.45) is 2.96. The number of nitriles is 1. The lowest BCUT2D eigenvalue weighted by molar-refractivity contribution is 0.112. The fraction of sp³-hybridized carbons (Fsp3) is 0.429. The molecule has 1 atom stereocenters. The maximum atomic E-state index is 10.7. The third-order valence-electron chi connectivity index (χ3n) is 3.02. The number of carbonyl (C=O) groups is 1. The number of anilines is 1. The van der Waals surface area contributed by atoms with Crippen molar-refractivity contribution >= 4 is 12.0 Å². The second kappa shape index (κ2) is 6.05. The molecular formula is C14H18N2O. The van der Waals surface area contributed by atoms with Crippen molar-refractivity contribution < 1.29 is 4.79 Å². The third kappa shape index (κ3) is 3.07. The average molecular weight is 230 g/mol. The van der Waals surface area contributed by atoms with E-state index >= 15 is 0 Å². The second-order valence-corrected chi connectivity index (χ2v) is 4.25. The van der Waals surface area contributed by atoms with Crippen molar-refractivity contribution in [3.05, 3.63) is 29.3 Å². The van der Waals surface area contributed by atoms with Crippen molar-refractivity contribution in [3.63, 3.8) is 0 Å². The Morgan fingerprint density at radius 1 is 1.53 bits per heavy atom. The molecule has 0 radical (unpaired) electrons. The molecule has 1 unspecified atom stereocenters. The van der Waals surface area contributed by atoms with E-state index in [0.717, 1.165) is 24.8 Å². The van der Waals surface area contributed by atoms with Gasteiger partial charge in [-0.25, -0.2) is 0 Å². The highest BCUT2D eigenvalue weighted by Crippen LogP contribution is 2.23. The summed E-state index contributed by atoms with van der Waals surface area (Å²) in [5.41, 5.74) is 1.99. The molecule has 90 valence electrons. The Balaban J connectivity index is 3.05. The van der Waals surface area contributed by atoms with Gasteiger partial charge in [-0.05, 0) is 31.5 Å². The monoisotopic (exact) mass is 230 g/mol. The van der Waals surface area contributed by atoms with E-state index in [2.05, 4.69) is 24.8 Å². The van der Waals surface area contributed by atoms with Gasteiger partial charge in [0.1, 0.15) is 12.4 Å². The lowest BCUT2D eigenvalue weighted by Gasteiger charge is -2.27. The van der Waals surface area contributed by atoms with Gasteiger partial charge in [0.2, 0.25) is 0 Å². The van der Waals surface area contributed by atoms with Gasteiger partial charge in [0.15, 0.2) is 0 Å². The highest BCUT2D eigenvalue weighted by Gasteiger charge is 2.13. The number of nitrogens with zero attached hydrogens (tertiary/aromatic N) is 2. The molecule has 0 heterocycles. The van der Waals surface area contributed by atoms with Gasteiger partial charge < -0.3 is 4.90 Å². The summed E-state index contributed by atoms with van der Waals surface area (Å²) in [7, 11) is 1.98. The molecule has 1 aromatic rings. The zero-order valence-corrected chi connectivity index (χ0v) is 10.6. The van der Waals surface area contributed by atoms with Crippen LogP contribution in [0.2, 0.25) is 0 Å².